The standard InChI is InChI=1S/C21H24N2O/c1-3-10-21-11-13-22-18(17(21)6-1)14-15-16(21)7-5-8-19(15)24-20-9-2-4-12-23-20/h2,4-5,7-9,12,17-18,22H,1,3,6,10-11,13-14H2/t17-,18+,21-/m0/s1. The van der Waals surface area contributed by atoms with E-state index in [0.717, 1.165) is 24.6 Å². The molecule has 1 saturated carbocycles. The van der Waals surface area contributed by atoms with Gasteiger partial charge < -0.3 is 10.1 Å². The Balaban J connectivity index is 1.60. The zero-order chi connectivity index (χ0) is 16.0. The Bertz CT molecular complexity index is 741. The molecule has 0 unspecified atom stereocenters. The number of pyridine rings is 1. The van der Waals surface area contributed by atoms with E-state index < -0.39 is 0 Å². The number of aromatic nitrogens is 1. The second kappa shape index (κ2) is 5.59. The van der Waals surface area contributed by atoms with Crippen molar-refractivity contribution in [3.05, 3.63) is 53.7 Å². The summed E-state index contributed by atoms with van der Waals surface area (Å²) in [6, 6.07) is 13.1. The summed E-state index contributed by atoms with van der Waals surface area (Å²) in [5.41, 5.74) is 3.36. The van der Waals surface area contributed by atoms with Gasteiger partial charge in [0.2, 0.25) is 5.88 Å². The summed E-state index contributed by atoms with van der Waals surface area (Å²) in [4.78, 5) is 4.34. The second-order valence-electron chi connectivity index (χ2n) is 7.58. The Kier molecular flexibility index (Phi) is 3.37. The predicted molar refractivity (Wildman–Crippen MR) is 94.5 cm³/mol. The maximum atomic E-state index is 6.18. The van der Waals surface area contributed by atoms with Crippen LogP contribution < -0.4 is 10.1 Å². The van der Waals surface area contributed by atoms with Gasteiger partial charge in [0.15, 0.2) is 0 Å². The van der Waals surface area contributed by atoms with Crippen LogP contribution in [0, 0.1) is 5.92 Å². The van der Waals surface area contributed by atoms with Gasteiger partial charge in [-0.05, 0) is 55.8 Å². The van der Waals surface area contributed by atoms with Crippen LogP contribution in [0.4, 0.5) is 0 Å². The quantitative estimate of drug-likeness (QED) is 0.899. The van der Waals surface area contributed by atoms with E-state index in [9.17, 15) is 0 Å². The molecule has 2 fully saturated rings. The van der Waals surface area contributed by atoms with Crippen molar-refractivity contribution in [2.24, 2.45) is 5.92 Å². The number of benzene rings is 1. The fourth-order valence-corrected chi connectivity index (χ4v) is 5.55. The molecule has 3 atom stereocenters. The molecule has 3 heteroatoms. The first-order valence-electron chi connectivity index (χ1n) is 9.31. The van der Waals surface area contributed by atoms with Gasteiger partial charge in [-0.2, -0.15) is 0 Å². The predicted octanol–water partition coefficient (Wildman–Crippen LogP) is 4.22. The molecular weight excluding hydrogens is 296 g/mol. The number of rotatable bonds is 2. The minimum absolute atomic E-state index is 0.380. The molecule has 2 aliphatic carbocycles. The summed E-state index contributed by atoms with van der Waals surface area (Å²) in [5, 5.41) is 3.81. The molecule has 1 aromatic carbocycles. The minimum Gasteiger partial charge on any atom is -0.439 e. The van der Waals surface area contributed by atoms with Crippen LogP contribution in [0.1, 0.15) is 43.2 Å². The van der Waals surface area contributed by atoms with Crippen molar-refractivity contribution in [3.8, 4) is 11.6 Å². The van der Waals surface area contributed by atoms with Gasteiger partial charge in [0.05, 0.1) is 0 Å². The van der Waals surface area contributed by atoms with Crippen molar-refractivity contribution >= 4 is 0 Å². The zero-order valence-electron chi connectivity index (χ0n) is 14.0. The largest absolute Gasteiger partial charge is 0.439 e. The Labute approximate surface area is 143 Å². The second-order valence-corrected chi connectivity index (χ2v) is 7.58. The third-order valence-corrected chi connectivity index (χ3v) is 6.51. The normalized spacial score (nSPS) is 31.0. The maximum Gasteiger partial charge on any atom is 0.219 e. The maximum absolute atomic E-state index is 6.18. The number of nitrogens with one attached hydrogen (secondary N) is 1. The van der Waals surface area contributed by atoms with Gasteiger partial charge in [0.1, 0.15) is 5.75 Å². The number of ether oxygens (including phenoxy) is 1. The smallest absolute Gasteiger partial charge is 0.219 e. The Morgan fingerprint density at radius 3 is 3.00 bits per heavy atom. The van der Waals surface area contributed by atoms with Gasteiger partial charge in [-0.25, -0.2) is 4.98 Å². The molecule has 0 amide bonds. The molecular formula is C21H24N2O. The van der Waals surface area contributed by atoms with Gasteiger partial charge in [-0.15, -0.1) is 0 Å². The fourth-order valence-electron chi connectivity index (χ4n) is 5.55. The SMILES string of the molecule is c1ccc(Oc2cccc3c2C[C@H]2NCC[C@@]34CCCC[C@@H]24)nc1. The molecule has 5 rings (SSSR count). The average molecular weight is 320 g/mol. The Morgan fingerprint density at radius 1 is 1.08 bits per heavy atom. The molecule has 0 spiro atoms. The van der Waals surface area contributed by atoms with E-state index in [0.29, 0.717) is 17.3 Å². The average Bonchev–Trinajstić information content (AvgIpc) is 2.63. The summed E-state index contributed by atoms with van der Waals surface area (Å²) < 4.78 is 6.18. The van der Waals surface area contributed by atoms with E-state index in [-0.39, 0.29) is 0 Å². The van der Waals surface area contributed by atoms with Crippen molar-refractivity contribution in [2.75, 3.05) is 6.54 Å². The lowest BCUT2D eigenvalue weighted by Gasteiger charge is -2.56. The molecule has 0 radical (unpaired) electrons. The van der Waals surface area contributed by atoms with Gasteiger partial charge in [-0.3, -0.25) is 0 Å². The third kappa shape index (κ3) is 2.11. The molecule has 124 valence electrons. The van der Waals surface area contributed by atoms with E-state index in [1.54, 1.807) is 11.8 Å². The summed E-state index contributed by atoms with van der Waals surface area (Å²) in [5.74, 6) is 2.49. The first kappa shape index (κ1) is 14.5. The monoisotopic (exact) mass is 320 g/mol. The van der Waals surface area contributed by atoms with E-state index in [2.05, 4.69) is 28.5 Å². The van der Waals surface area contributed by atoms with Crippen LogP contribution in [-0.2, 0) is 11.8 Å². The van der Waals surface area contributed by atoms with Gasteiger partial charge >= 0.3 is 0 Å². The van der Waals surface area contributed by atoms with E-state index >= 15 is 0 Å². The molecule has 24 heavy (non-hydrogen) atoms. The van der Waals surface area contributed by atoms with Crippen LogP contribution in [-0.4, -0.2) is 17.6 Å². The number of fused-ring (bicyclic) bond motifs is 1. The summed E-state index contributed by atoms with van der Waals surface area (Å²) >= 11 is 0. The summed E-state index contributed by atoms with van der Waals surface area (Å²) in [6.45, 7) is 1.16. The lowest BCUT2D eigenvalue weighted by molar-refractivity contribution is 0.0790. The lowest BCUT2D eigenvalue weighted by atomic mass is 9.53. The highest BCUT2D eigenvalue weighted by Crippen LogP contribution is 2.55. The molecule has 2 heterocycles. The number of hydrogen-bond donors (Lipinski definition) is 1. The van der Waals surface area contributed by atoms with E-state index in [4.69, 9.17) is 4.74 Å². The molecule has 1 aliphatic heterocycles. The molecule has 1 saturated heterocycles. The lowest BCUT2D eigenvalue weighted by Crippen LogP contribution is -2.59. The van der Waals surface area contributed by atoms with Crippen LogP contribution in [0.5, 0.6) is 11.6 Å². The van der Waals surface area contributed by atoms with Crippen molar-refractivity contribution in [2.45, 2.75) is 50.0 Å². The van der Waals surface area contributed by atoms with Crippen LogP contribution in [0.25, 0.3) is 0 Å². The summed E-state index contributed by atoms with van der Waals surface area (Å²) in [7, 11) is 0. The first-order chi connectivity index (χ1) is 11.9. The number of nitrogens with zero attached hydrogens (tertiary/aromatic N) is 1. The van der Waals surface area contributed by atoms with Gasteiger partial charge in [-0.1, -0.05) is 31.0 Å². The molecule has 1 aromatic heterocycles. The highest BCUT2D eigenvalue weighted by molar-refractivity contribution is 5.49. The first-order valence-corrected chi connectivity index (χ1v) is 9.31. The highest BCUT2D eigenvalue weighted by Gasteiger charge is 2.51. The third-order valence-electron chi connectivity index (χ3n) is 6.51. The molecule has 3 nitrogen and oxygen atoms in total. The van der Waals surface area contributed by atoms with Crippen LogP contribution in [0.15, 0.2) is 42.6 Å². The van der Waals surface area contributed by atoms with Crippen molar-refractivity contribution in [1.82, 2.24) is 10.3 Å². The summed E-state index contributed by atoms with van der Waals surface area (Å²) in [6.07, 6.45) is 9.63. The minimum atomic E-state index is 0.380. The van der Waals surface area contributed by atoms with Crippen molar-refractivity contribution in [1.29, 1.82) is 0 Å². The molecule has 2 bridgehead atoms. The van der Waals surface area contributed by atoms with Crippen molar-refractivity contribution < 1.29 is 4.74 Å². The molecule has 2 aromatic rings. The fraction of sp³-hybridized carbons (Fsp3) is 0.476. The van der Waals surface area contributed by atoms with E-state index in [1.807, 2.05) is 18.2 Å². The Morgan fingerprint density at radius 2 is 2.08 bits per heavy atom. The molecule has 1 N–H and O–H groups in total. The number of hydrogen-bond acceptors (Lipinski definition) is 3. The van der Waals surface area contributed by atoms with Gasteiger partial charge in [0, 0.05) is 29.3 Å². The molecule has 3 aliphatic rings. The van der Waals surface area contributed by atoms with Crippen LogP contribution >= 0.6 is 0 Å². The highest BCUT2D eigenvalue weighted by atomic mass is 16.5. The number of piperidine rings is 1. The van der Waals surface area contributed by atoms with Crippen LogP contribution in [0.2, 0.25) is 0 Å². The Hall–Kier alpha value is -1.87. The van der Waals surface area contributed by atoms with Gasteiger partial charge in [0.25, 0.3) is 0 Å². The van der Waals surface area contributed by atoms with Crippen LogP contribution in [0.3, 0.4) is 0 Å². The topological polar surface area (TPSA) is 34.1 Å². The van der Waals surface area contributed by atoms with Crippen molar-refractivity contribution in [3.63, 3.8) is 0 Å². The zero-order valence-corrected chi connectivity index (χ0v) is 14.0. The van der Waals surface area contributed by atoms with E-state index in [1.165, 1.54) is 37.7 Å².